The second kappa shape index (κ2) is 5.81. The Kier molecular flexibility index (Phi) is 4.00. The summed E-state index contributed by atoms with van der Waals surface area (Å²) < 4.78 is 7.29. The van der Waals surface area contributed by atoms with Crippen LogP contribution in [0.3, 0.4) is 0 Å². The zero-order valence-electron chi connectivity index (χ0n) is 12.5. The number of aliphatic hydroxyl groups excluding tert-OH is 3. The van der Waals surface area contributed by atoms with E-state index in [1.807, 2.05) is 13.1 Å². The van der Waals surface area contributed by atoms with E-state index in [0.717, 1.165) is 17.4 Å². The van der Waals surface area contributed by atoms with E-state index in [0.29, 0.717) is 11.5 Å². The lowest BCUT2D eigenvalue weighted by molar-refractivity contribution is -0.0509. The fourth-order valence-corrected chi connectivity index (χ4v) is 2.92. The molecule has 120 valence electrons. The number of aliphatic hydroxyl groups is 3. The van der Waals surface area contributed by atoms with Crippen LogP contribution in [0.1, 0.15) is 18.7 Å². The molecule has 4 N–H and O–H groups in total. The smallest absolute Gasteiger partial charge is 0.164 e. The molecule has 0 bridgehead atoms. The molecule has 0 amide bonds. The lowest BCUT2D eigenvalue weighted by Crippen LogP contribution is -2.33. The third-order valence-corrected chi connectivity index (χ3v) is 4.10. The molecular weight excluding hydrogens is 288 g/mol. The first-order valence-corrected chi connectivity index (χ1v) is 7.27. The molecule has 8 heteroatoms. The largest absolute Gasteiger partial charge is 0.394 e. The van der Waals surface area contributed by atoms with Crippen LogP contribution in [-0.4, -0.2) is 61.8 Å². The summed E-state index contributed by atoms with van der Waals surface area (Å²) >= 11 is 0. The molecule has 0 unspecified atom stereocenters. The molecule has 3 heterocycles. The zero-order valence-corrected chi connectivity index (χ0v) is 12.5. The van der Waals surface area contributed by atoms with Crippen LogP contribution in [0.15, 0.2) is 12.5 Å². The normalized spacial score (nSPS) is 28.4. The van der Waals surface area contributed by atoms with Crippen molar-refractivity contribution in [3.8, 4) is 0 Å². The number of nitrogens with zero attached hydrogens (tertiary/aromatic N) is 3. The van der Waals surface area contributed by atoms with E-state index in [1.54, 1.807) is 11.6 Å². The molecule has 22 heavy (non-hydrogen) atoms. The Labute approximate surface area is 127 Å². The van der Waals surface area contributed by atoms with Crippen LogP contribution >= 0.6 is 0 Å². The van der Waals surface area contributed by atoms with Crippen LogP contribution in [0.4, 0.5) is 5.82 Å². The summed E-state index contributed by atoms with van der Waals surface area (Å²) in [5.41, 5.74) is 1.63. The van der Waals surface area contributed by atoms with Crippen LogP contribution in [0.2, 0.25) is 0 Å². The van der Waals surface area contributed by atoms with Gasteiger partial charge in [0.05, 0.1) is 12.0 Å². The average molecular weight is 308 g/mol. The summed E-state index contributed by atoms with van der Waals surface area (Å²) in [6.07, 6.45) is 0.169. The van der Waals surface area contributed by atoms with Gasteiger partial charge in [-0.15, -0.1) is 0 Å². The van der Waals surface area contributed by atoms with Gasteiger partial charge >= 0.3 is 0 Å². The van der Waals surface area contributed by atoms with Crippen molar-refractivity contribution < 1.29 is 20.1 Å². The number of fused-ring (bicyclic) bond motifs is 1. The van der Waals surface area contributed by atoms with Gasteiger partial charge in [-0.1, -0.05) is 6.92 Å². The number of hydrogen-bond acceptors (Lipinski definition) is 7. The van der Waals surface area contributed by atoms with Crippen molar-refractivity contribution in [3.05, 3.63) is 18.1 Å². The summed E-state index contributed by atoms with van der Waals surface area (Å²) in [5.74, 6) is 0.701. The van der Waals surface area contributed by atoms with E-state index in [-0.39, 0.29) is 6.61 Å². The van der Waals surface area contributed by atoms with Gasteiger partial charge in [0.15, 0.2) is 6.23 Å². The summed E-state index contributed by atoms with van der Waals surface area (Å²) in [6.45, 7) is 1.66. The second-order valence-electron chi connectivity index (χ2n) is 5.31. The number of rotatable bonds is 4. The highest BCUT2D eigenvalue weighted by Gasteiger charge is 2.44. The van der Waals surface area contributed by atoms with E-state index in [2.05, 4.69) is 15.3 Å². The Morgan fingerprint density at radius 3 is 2.68 bits per heavy atom. The molecule has 2 aromatic heterocycles. The standard InChI is InChI=1S/C14H20N4O4/c1-3-7-4-18(13-9(7)12(15-2)16-6-17-13)14-11(21)10(20)8(5-19)22-14/h4,6,8,10-11,14,19-21H,3,5H2,1-2H3,(H,15,16,17)/t8-,10-,11-,14-/m1/s1. The summed E-state index contributed by atoms with van der Waals surface area (Å²) in [4.78, 5) is 8.50. The predicted molar refractivity (Wildman–Crippen MR) is 79.5 cm³/mol. The number of anilines is 1. The van der Waals surface area contributed by atoms with Crippen molar-refractivity contribution in [1.29, 1.82) is 0 Å². The van der Waals surface area contributed by atoms with Gasteiger partial charge in [0, 0.05) is 13.2 Å². The molecule has 4 atom stereocenters. The van der Waals surface area contributed by atoms with E-state index < -0.39 is 24.5 Å². The second-order valence-corrected chi connectivity index (χ2v) is 5.31. The molecular formula is C14H20N4O4. The maximum absolute atomic E-state index is 10.2. The SMILES string of the molecule is CCc1cn([C@@H]2O[C@H](CO)[C@@H](O)[C@H]2O)c2ncnc(NC)c12. The molecule has 0 aliphatic carbocycles. The van der Waals surface area contributed by atoms with Gasteiger partial charge in [-0.2, -0.15) is 0 Å². The molecule has 0 radical (unpaired) electrons. The molecule has 8 nitrogen and oxygen atoms in total. The van der Waals surface area contributed by atoms with Crippen molar-refractivity contribution >= 4 is 16.9 Å². The molecule has 3 rings (SSSR count). The topological polar surface area (TPSA) is 113 Å². The summed E-state index contributed by atoms with van der Waals surface area (Å²) in [6, 6.07) is 0. The van der Waals surface area contributed by atoms with Gasteiger partial charge in [-0.05, 0) is 12.0 Å². The minimum Gasteiger partial charge on any atom is -0.394 e. The molecule has 0 aromatic carbocycles. The van der Waals surface area contributed by atoms with Gasteiger partial charge < -0.3 is 29.9 Å². The third-order valence-electron chi connectivity index (χ3n) is 4.10. The molecule has 0 saturated carbocycles. The lowest BCUT2D eigenvalue weighted by atomic mass is 10.1. The number of nitrogens with one attached hydrogen (secondary N) is 1. The molecule has 1 aliphatic rings. The number of hydrogen-bond donors (Lipinski definition) is 4. The maximum Gasteiger partial charge on any atom is 0.164 e. The fourth-order valence-electron chi connectivity index (χ4n) is 2.92. The highest BCUT2D eigenvalue weighted by molar-refractivity contribution is 5.90. The minimum absolute atomic E-state index is 0.356. The first-order valence-electron chi connectivity index (χ1n) is 7.27. The number of aryl methyl sites for hydroxylation is 1. The third kappa shape index (κ3) is 2.15. The van der Waals surface area contributed by atoms with Gasteiger partial charge in [-0.3, -0.25) is 0 Å². The number of aromatic nitrogens is 3. The van der Waals surface area contributed by atoms with Crippen LogP contribution in [0.25, 0.3) is 11.0 Å². The van der Waals surface area contributed by atoms with Gasteiger partial charge in [-0.25, -0.2) is 9.97 Å². The predicted octanol–water partition coefficient (Wildman–Crippen LogP) is -0.353. The average Bonchev–Trinajstić information content (AvgIpc) is 3.06. The Morgan fingerprint density at radius 2 is 2.09 bits per heavy atom. The highest BCUT2D eigenvalue weighted by Crippen LogP contribution is 2.35. The monoisotopic (exact) mass is 308 g/mol. The van der Waals surface area contributed by atoms with Crippen molar-refractivity contribution in [2.24, 2.45) is 0 Å². The van der Waals surface area contributed by atoms with Gasteiger partial charge in [0.2, 0.25) is 0 Å². The van der Waals surface area contributed by atoms with Gasteiger partial charge in [0.25, 0.3) is 0 Å². The molecule has 1 aliphatic heterocycles. The van der Waals surface area contributed by atoms with Crippen molar-refractivity contribution in [3.63, 3.8) is 0 Å². The van der Waals surface area contributed by atoms with E-state index in [9.17, 15) is 15.3 Å². The Balaban J connectivity index is 2.12. The number of ether oxygens (including phenoxy) is 1. The van der Waals surface area contributed by atoms with Crippen LogP contribution in [0.5, 0.6) is 0 Å². The van der Waals surface area contributed by atoms with Gasteiger partial charge in [0.1, 0.15) is 36.1 Å². The van der Waals surface area contributed by atoms with Crippen LogP contribution in [-0.2, 0) is 11.2 Å². The summed E-state index contributed by atoms with van der Waals surface area (Å²) in [5, 5.41) is 33.3. The van der Waals surface area contributed by atoms with Crippen molar-refractivity contribution in [2.45, 2.75) is 37.9 Å². The van der Waals surface area contributed by atoms with Crippen molar-refractivity contribution in [2.75, 3.05) is 19.0 Å². The van der Waals surface area contributed by atoms with E-state index in [4.69, 9.17) is 4.74 Å². The summed E-state index contributed by atoms with van der Waals surface area (Å²) in [7, 11) is 1.78. The zero-order chi connectivity index (χ0) is 15.9. The van der Waals surface area contributed by atoms with Crippen molar-refractivity contribution in [1.82, 2.24) is 14.5 Å². The molecule has 0 spiro atoms. The van der Waals surface area contributed by atoms with Crippen LogP contribution < -0.4 is 5.32 Å². The van der Waals surface area contributed by atoms with E-state index in [1.165, 1.54) is 6.33 Å². The minimum atomic E-state index is -1.14. The quantitative estimate of drug-likeness (QED) is 0.610. The molecule has 1 saturated heterocycles. The van der Waals surface area contributed by atoms with E-state index >= 15 is 0 Å². The maximum atomic E-state index is 10.2. The highest BCUT2D eigenvalue weighted by atomic mass is 16.6. The first kappa shape index (κ1) is 15.2. The molecule has 2 aromatic rings. The Morgan fingerprint density at radius 1 is 1.32 bits per heavy atom. The Bertz CT molecular complexity index is 674. The fraction of sp³-hybridized carbons (Fsp3) is 0.571. The van der Waals surface area contributed by atoms with Crippen LogP contribution in [0, 0.1) is 0 Å². The lowest BCUT2D eigenvalue weighted by Gasteiger charge is -2.17. The molecule has 1 fully saturated rings. The first-order chi connectivity index (χ1) is 10.6. The Hall–Kier alpha value is -1.74.